The van der Waals surface area contributed by atoms with Crippen molar-refractivity contribution in [1.82, 2.24) is 0 Å². The molecule has 1 unspecified atom stereocenters. The van der Waals surface area contributed by atoms with Crippen molar-refractivity contribution in [2.45, 2.75) is 44.9 Å². The highest BCUT2D eigenvalue weighted by molar-refractivity contribution is 9.10. The topological polar surface area (TPSA) is 79.2 Å². The third kappa shape index (κ3) is 5.74. The average Bonchev–Trinajstić information content (AvgIpc) is 2.60. The molecule has 0 bridgehead atoms. The van der Waals surface area contributed by atoms with Crippen LogP contribution in [0.5, 0.6) is 5.75 Å². The van der Waals surface area contributed by atoms with Crippen LogP contribution in [0.4, 0.5) is 5.69 Å². The van der Waals surface area contributed by atoms with Gasteiger partial charge in [0.1, 0.15) is 5.75 Å². The fraction of sp³-hybridized carbons (Fsp3) is 0.409. The largest absolute Gasteiger partial charge is 0.496 e. The van der Waals surface area contributed by atoms with Gasteiger partial charge in [0, 0.05) is 21.3 Å². The Balaban J connectivity index is 2.49. The molecule has 0 aliphatic carbocycles. The summed E-state index contributed by atoms with van der Waals surface area (Å²) >= 11 is 3.58. The maximum Gasteiger partial charge on any atom is 0.229 e. The first-order valence-electron chi connectivity index (χ1n) is 9.15. The number of benzene rings is 2. The Labute approximate surface area is 182 Å². The number of rotatable bonds is 6. The van der Waals surface area contributed by atoms with Crippen LogP contribution in [0.25, 0.3) is 0 Å². The molecular formula is C22H27BrN2O3S. The van der Waals surface area contributed by atoms with Crippen molar-refractivity contribution in [3.05, 3.63) is 57.6 Å². The number of ether oxygens (including phenoxy) is 1. The molecule has 7 heteroatoms. The van der Waals surface area contributed by atoms with Gasteiger partial charge in [-0.2, -0.15) is 5.26 Å². The lowest BCUT2D eigenvalue weighted by molar-refractivity contribution is 0.383. The summed E-state index contributed by atoms with van der Waals surface area (Å²) in [5.41, 5.74) is 2.27. The van der Waals surface area contributed by atoms with E-state index >= 15 is 0 Å². The summed E-state index contributed by atoms with van der Waals surface area (Å²) < 4.78 is 31.9. The van der Waals surface area contributed by atoms with Crippen molar-refractivity contribution in [2.24, 2.45) is 0 Å². The van der Waals surface area contributed by atoms with Gasteiger partial charge in [-0.15, -0.1) is 0 Å². The molecule has 2 aromatic carbocycles. The van der Waals surface area contributed by atoms with Crippen molar-refractivity contribution in [2.75, 3.05) is 18.1 Å². The number of nitrogens with zero attached hydrogens (tertiary/aromatic N) is 1. The lowest BCUT2D eigenvalue weighted by Crippen LogP contribution is -2.25. The predicted octanol–water partition coefficient (Wildman–Crippen LogP) is 5.15. The van der Waals surface area contributed by atoms with Crippen LogP contribution in [0.15, 0.2) is 40.9 Å². The fourth-order valence-electron chi connectivity index (χ4n) is 3.29. The number of methoxy groups -OCH3 is 1. The van der Waals surface area contributed by atoms with Crippen LogP contribution in [0.3, 0.4) is 0 Å². The summed E-state index contributed by atoms with van der Waals surface area (Å²) in [4.78, 5) is 0. The van der Waals surface area contributed by atoms with E-state index < -0.39 is 15.4 Å². The Hall–Kier alpha value is -2.04. The van der Waals surface area contributed by atoms with E-state index in [0.29, 0.717) is 12.1 Å². The van der Waals surface area contributed by atoms with Crippen LogP contribution in [-0.2, 0) is 27.3 Å². The Bertz CT molecular complexity index is 1040. The highest BCUT2D eigenvalue weighted by atomic mass is 79.9. The molecule has 2 aromatic rings. The minimum absolute atomic E-state index is 0.154. The van der Waals surface area contributed by atoms with Crippen molar-refractivity contribution >= 4 is 31.6 Å². The van der Waals surface area contributed by atoms with Gasteiger partial charge in [-0.1, -0.05) is 48.8 Å². The number of nitriles is 1. The summed E-state index contributed by atoms with van der Waals surface area (Å²) in [6.45, 7) is 8.22. The summed E-state index contributed by atoms with van der Waals surface area (Å²) in [6, 6.07) is 13.5. The molecule has 0 radical (unpaired) electrons. The van der Waals surface area contributed by atoms with Gasteiger partial charge in [0.2, 0.25) is 10.0 Å². The van der Waals surface area contributed by atoms with E-state index in [1.165, 1.54) is 0 Å². The molecule has 156 valence electrons. The molecule has 0 aliphatic rings. The molecule has 0 aliphatic heterocycles. The van der Waals surface area contributed by atoms with Crippen molar-refractivity contribution in [3.8, 4) is 11.8 Å². The molecule has 29 heavy (non-hydrogen) atoms. The minimum atomic E-state index is -3.33. The van der Waals surface area contributed by atoms with E-state index in [1.807, 2.05) is 31.2 Å². The third-order valence-electron chi connectivity index (χ3n) is 4.72. The number of anilines is 1. The summed E-state index contributed by atoms with van der Waals surface area (Å²) in [5, 5.41) is 10.1. The minimum Gasteiger partial charge on any atom is -0.496 e. The van der Waals surface area contributed by atoms with Gasteiger partial charge < -0.3 is 4.74 Å². The molecule has 0 amide bonds. The lowest BCUT2D eigenvalue weighted by atomic mass is 9.75. The summed E-state index contributed by atoms with van der Waals surface area (Å²) in [5.74, 6) is 0.722. The van der Waals surface area contributed by atoms with Gasteiger partial charge in [0.15, 0.2) is 0 Å². The quantitative estimate of drug-likeness (QED) is 0.622. The molecule has 1 N–H and O–H groups in total. The lowest BCUT2D eigenvalue weighted by Gasteiger charge is -2.30. The van der Waals surface area contributed by atoms with Crippen LogP contribution in [0.1, 0.15) is 44.4 Å². The highest BCUT2D eigenvalue weighted by Gasteiger charge is 2.34. The fourth-order valence-corrected chi connectivity index (χ4v) is 4.31. The van der Waals surface area contributed by atoms with E-state index in [1.54, 1.807) is 19.2 Å². The second-order valence-corrected chi connectivity index (χ2v) is 11.1. The second-order valence-electron chi connectivity index (χ2n) is 8.48. The third-order valence-corrected chi connectivity index (χ3v) is 5.79. The first-order chi connectivity index (χ1) is 13.3. The maximum atomic E-state index is 11.4. The molecule has 0 fully saturated rings. The molecule has 1 atom stereocenters. The van der Waals surface area contributed by atoms with Crippen molar-refractivity contribution < 1.29 is 13.2 Å². The number of nitrogens with one attached hydrogen (secondary N) is 1. The molecule has 2 rings (SSSR count). The number of hydrogen-bond donors (Lipinski definition) is 1. The number of sulfonamides is 1. The first kappa shape index (κ1) is 23.2. The van der Waals surface area contributed by atoms with Crippen LogP contribution < -0.4 is 9.46 Å². The second kappa shape index (κ2) is 8.37. The van der Waals surface area contributed by atoms with Crippen LogP contribution in [0.2, 0.25) is 0 Å². The zero-order chi connectivity index (χ0) is 22.0. The van der Waals surface area contributed by atoms with Gasteiger partial charge in [-0.3, -0.25) is 4.72 Å². The first-order valence-corrected chi connectivity index (χ1v) is 11.8. The zero-order valence-corrected chi connectivity index (χ0v) is 20.0. The Morgan fingerprint density at radius 2 is 1.66 bits per heavy atom. The molecular weight excluding hydrogens is 452 g/mol. The highest BCUT2D eigenvalue weighted by Crippen LogP contribution is 2.43. The monoisotopic (exact) mass is 478 g/mol. The molecule has 5 nitrogen and oxygen atoms in total. The molecule has 0 saturated heterocycles. The maximum absolute atomic E-state index is 11.4. The zero-order valence-electron chi connectivity index (χ0n) is 17.6. The average molecular weight is 479 g/mol. The van der Waals surface area contributed by atoms with Gasteiger partial charge in [-0.05, 0) is 48.6 Å². The van der Waals surface area contributed by atoms with Gasteiger partial charge in [0.05, 0.1) is 24.8 Å². The van der Waals surface area contributed by atoms with Crippen LogP contribution in [0, 0.1) is 11.3 Å². The Kier molecular flexibility index (Phi) is 6.71. The van der Waals surface area contributed by atoms with E-state index in [0.717, 1.165) is 33.2 Å². The van der Waals surface area contributed by atoms with E-state index in [-0.39, 0.29) is 5.41 Å². The normalized spacial score (nSPS) is 14.0. The number of halogens is 1. The summed E-state index contributed by atoms with van der Waals surface area (Å²) in [7, 11) is -1.70. The van der Waals surface area contributed by atoms with Crippen LogP contribution in [-0.4, -0.2) is 21.8 Å². The van der Waals surface area contributed by atoms with E-state index in [4.69, 9.17) is 4.74 Å². The molecule has 0 saturated carbocycles. The SMILES string of the molecule is COc1c(C(C)(C)C)cc(Br)cc1C(C)(C#N)Cc1ccc(NS(C)(=O)=O)cc1. The Morgan fingerprint density at radius 1 is 1.10 bits per heavy atom. The number of hydrogen-bond acceptors (Lipinski definition) is 4. The van der Waals surface area contributed by atoms with Crippen LogP contribution >= 0.6 is 15.9 Å². The van der Waals surface area contributed by atoms with Crippen molar-refractivity contribution in [3.63, 3.8) is 0 Å². The van der Waals surface area contributed by atoms with Gasteiger partial charge in [0.25, 0.3) is 0 Å². The predicted molar refractivity (Wildman–Crippen MR) is 121 cm³/mol. The van der Waals surface area contributed by atoms with Crippen molar-refractivity contribution in [1.29, 1.82) is 5.26 Å². The van der Waals surface area contributed by atoms with E-state index in [2.05, 4.69) is 47.5 Å². The van der Waals surface area contributed by atoms with Gasteiger partial charge in [-0.25, -0.2) is 8.42 Å². The standard InChI is InChI=1S/C22H27BrN2O3S/c1-21(2,3)18-11-16(23)12-19(20(18)28-5)22(4,14-24)13-15-7-9-17(10-8-15)25-29(6,26)27/h7-12,25H,13H2,1-6H3. The van der Waals surface area contributed by atoms with E-state index in [9.17, 15) is 13.7 Å². The molecule has 0 spiro atoms. The summed E-state index contributed by atoms with van der Waals surface area (Å²) in [6.07, 6.45) is 1.57. The smallest absolute Gasteiger partial charge is 0.229 e. The Morgan fingerprint density at radius 3 is 2.10 bits per heavy atom. The molecule has 0 aromatic heterocycles. The van der Waals surface area contributed by atoms with Gasteiger partial charge >= 0.3 is 0 Å². The molecule has 0 heterocycles.